The number of rotatable bonds is 6. The second kappa shape index (κ2) is 10.4. The Kier molecular flexibility index (Phi) is 6.99. The summed E-state index contributed by atoms with van der Waals surface area (Å²) < 4.78 is 67.5. The Balaban J connectivity index is 1.46. The van der Waals surface area contributed by atoms with Crippen LogP contribution in [0.4, 0.5) is 13.2 Å². The average molecular weight is 573 g/mol. The van der Waals surface area contributed by atoms with Crippen LogP contribution in [-0.4, -0.2) is 18.5 Å². The van der Waals surface area contributed by atoms with E-state index >= 15 is 0 Å². The fraction of sp³-hybridized carbons (Fsp3) is 0.107. The zero-order valence-corrected chi connectivity index (χ0v) is 21.1. The maximum absolute atomic E-state index is 13.9. The van der Waals surface area contributed by atoms with Crippen LogP contribution in [0.15, 0.2) is 80.4 Å². The maximum Gasteiger partial charge on any atom is 0.453 e. The van der Waals surface area contributed by atoms with E-state index in [1.807, 2.05) is 0 Å². The molecule has 204 valence electrons. The Morgan fingerprint density at radius 3 is 2.30 bits per heavy atom. The number of hydrogen-bond acceptors (Lipinski definition) is 8. The topological polar surface area (TPSA) is 105 Å². The van der Waals surface area contributed by atoms with Crippen LogP contribution in [0.2, 0.25) is 5.02 Å². The van der Waals surface area contributed by atoms with E-state index in [9.17, 15) is 27.6 Å². The third kappa shape index (κ3) is 5.36. The number of ether oxygens (including phenoxy) is 3. The van der Waals surface area contributed by atoms with Gasteiger partial charge >= 0.3 is 18.1 Å². The molecule has 8 nitrogen and oxygen atoms in total. The van der Waals surface area contributed by atoms with Crippen LogP contribution in [-0.2, 0) is 10.9 Å². The molecule has 0 saturated carbocycles. The van der Waals surface area contributed by atoms with Gasteiger partial charge in [0.1, 0.15) is 22.7 Å². The third-order valence-corrected chi connectivity index (χ3v) is 5.79. The first-order chi connectivity index (χ1) is 19.0. The Morgan fingerprint density at radius 2 is 1.60 bits per heavy atom. The minimum Gasteiger partial charge on any atom is -0.462 e. The fourth-order valence-electron chi connectivity index (χ4n) is 3.76. The number of fused-ring (bicyclic) bond motifs is 2. The minimum absolute atomic E-state index is 0.139. The van der Waals surface area contributed by atoms with Gasteiger partial charge in [-0.05, 0) is 67.6 Å². The number of benzene rings is 3. The van der Waals surface area contributed by atoms with E-state index in [-0.39, 0.29) is 34.8 Å². The summed E-state index contributed by atoms with van der Waals surface area (Å²) in [6.45, 7) is 1.76. The number of esters is 2. The SMILES string of the molecule is CCOC(=O)c1ccc(Oc2c(C(F)(F)F)oc3cc(OC(=O)c4cc5cc(Cl)ccc5o4)ccc3c2=O)cc1. The van der Waals surface area contributed by atoms with Crippen molar-refractivity contribution in [3.8, 4) is 17.2 Å². The van der Waals surface area contributed by atoms with Crippen LogP contribution >= 0.6 is 11.6 Å². The van der Waals surface area contributed by atoms with Gasteiger partial charge in [-0.3, -0.25) is 4.79 Å². The molecule has 0 bridgehead atoms. The first-order valence-corrected chi connectivity index (χ1v) is 12.0. The van der Waals surface area contributed by atoms with Gasteiger partial charge in [-0.15, -0.1) is 0 Å². The summed E-state index contributed by atoms with van der Waals surface area (Å²) in [6, 6.07) is 14.4. The lowest BCUT2D eigenvalue weighted by molar-refractivity contribution is -0.154. The van der Waals surface area contributed by atoms with Gasteiger partial charge in [0.2, 0.25) is 16.9 Å². The number of halogens is 4. The maximum atomic E-state index is 13.9. The average Bonchev–Trinajstić information content (AvgIpc) is 3.33. The highest BCUT2D eigenvalue weighted by atomic mass is 35.5. The van der Waals surface area contributed by atoms with Crippen LogP contribution in [0, 0.1) is 0 Å². The summed E-state index contributed by atoms with van der Waals surface area (Å²) in [7, 11) is 0. The number of carbonyl (C=O) groups excluding carboxylic acids is 2. The molecule has 0 fully saturated rings. The van der Waals surface area contributed by atoms with Crippen LogP contribution in [0.3, 0.4) is 0 Å². The Morgan fingerprint density at radius 1 is 0.875 bits per heavy atom. The molecule has 2 heterocycles. The molecular weight excluding hydrogens is 557 g/mol. The number of furan rings is 1. The van der Waals surface area contributed by atoms with Gasteiger partial charge in [0.15, 0.2) is 0 Å². The Hall–Kier alpha value is -4.77. The van der Waals surface area contributed by atoms with Gasteiger partial charge in [0.05, 0.1) is 17.6 Å². The lowest BCUT2D eigenvalue weighted by Gasteiger charge is -2.14. The lowest BCUT2D eigenvalue weighted by Crippen LogP contribution is -2.15. The molecule has 0 aliphatic heterocycles. The van der Waals surface area contributed by atoms with Gasteiger partial charge in [0, 0.05) is 16.5 Å². The Labute approximate surface area is 227 Å². The van der Waals surface area contributed by atoms with Crippen LogP contribution in [0.1, 0.15) is 33.6 Å². The largest absolute Gasteiger partial charge is 0.462 e. The molecule has 0 unspecified atom stereocenters. The summed E-state index contributed by atoms with van der Waals surface area (Å²) in [5.74, 6) is -4.88. The number of alkyl halides is 3. The number of carbonyl (C=O) groups is 2. The molecule has 0 spiro atoms. The molecule has 0 amide bonds. The quantitative estimate of drug-likeness (QED) is 0.153. The standard InChI is InChI=1S/C28H16ClF3O8/c1-2-36-26(34)14-3-6-17(7-4-14)37-24-23(33)19-9-8-18(13-21(19)40-25(24)28(30,31)32)38-27(35)22-12-15-11-16(29)5-10-20(15)39-22/h3-13H,2H2,1H3. The molecule has 0 aliphatic carbocycles. The van der Waals surface area contributed by atoms with Crippen molar-refractivity contribution < 1.29 is 45.8 Å². The van der Waals surface area contributed by atoms with Crippen molar-refractivity contribution in [1.82, 2.24) is 0 Å². The zero-order valence-electron chi connectivity index (χ0n) is 20.3. The molecule has 0 aliphatic rings. The van der Waals surface area contributed by atoms with E-state index in [0.29, 0.717) is 16.0 Å². The molecular formula is C28H16ClF3O8. The normalized spacial score (nSPS) is 11.5. The summed E-state index contributed by atoms with van der Waals surface area (Å²) >= 11 is 5.94. The summed E-state index contributed by atoms with van der Waals surface area (Å²) in [5, 5.41) is 0.710. The molecule has 5 aromatic rings. The highest BCUT2D eigenvalue weighted by Gasteiger charge is 2.40. The third-order valence-electron chi connectivity index (χ3n) is 5.56. The van der Waals surface area contributed by atoms with E-state index in [0.717, 1.165) is 12.1 Å². The summed E-state index contributed by atoms with van der Waals surface area (Å²) in [4.78, 5) is 37.4. The van der Waals surface area contributed by atoms with Crippen molar-refractivity contribution in [1.29, 1.82) is 0 Å². The zero-order chi connectivity index (χ0) is 28.6. The molecule has 3 aromatic carbocycles. The van der Waals surface area contributed by atoms with Crippen LogP contribution < -0.4 is 14.9 Å². The lowest BCUT2D eigenvalue weighted by atomic mass is 10.2. The molecule has 0 radical (unpaired) electrons. The molecule has 0 atom stereocenters. The highest BCUT2D eigenvalue weighted by molar-refractivity contribution is 6.31. The molecule has 0 N–H and O–H groups in total. The number of hydrogen-bond donors (Lipinski definition) is 0. The van der Waals surface area contributed by atoms with Gasteiger partial charge < -0.3 is 23.0 Å². The minimum atomic E-state index is -5.12. The van der Waals surface area contributed by atoms with E-state index in [2.05, 4.69) is 0 Å². The van der Waals surface area contributed by atoms with Crippen molar-refractivity contribution in [3.63, 3.8) is 0 Å². The molecule has 5 rings (SSSR count). The van der Waals surface area contributed by atoms with Crippen LogP contribution in [0.25, 0.3) is 21.9 Å². The molecule has 40 heavy (non-hydrogen) atoms. The van der Waals surface area contributed by atoms with E-state index in [1.54, 1.807) is 25.1 Å². The second-order valence-electron chi connectivity index (χ2n) is 8.27. The van der Waals surface area contributed by atoms with Crippen molar-refractivity contribution in [2.45, 2.75) is 13.1 Å². The monoisotopic (exact) mass is 572 g/mol. The van der Waals surface area contributed by atoms with E-state index in [4.69, 9.17) is 34.6 Å². The summed E-state index contributed by atoms with van der Waals surface area (Å²) in [5.41, 5.74) is -1.10. The smallest absolute Gasteiger partial charge is 0.453 e. The van der Waals surface area contributed by atoms with Crippen molar-refractivity contribution >= 4 is 45.5 Å². The van der Waals surface area contributed by atoms with Gasteiger partial charge in [-0.1, -0.05) is 11.6 Å². The van der Waals surface area contributed by atoms with Gasteiger partial charge in [-0.2, -0.15) is 13.2 Å². The molecule has 2 aromatic heterocycles. The van der Waals surface area contributed by atoms with Gasteiger partial charge in [0.25, 0.3) is 5.76 Å². The van der Waals surface area contributed by atoms with Crippen LogP contribution in [0.5, 0.6) is 17.2 Å². The van der Waals surface area contributed by atoms with E-state index < -0.39 is 40.6 Å². The van der Waals surface area contributed by atoms with Crippen molar-refractivity contribution in [2.24, 2.45) is 0 Å². The van der Waals surface area contributed by atoms with Crippen molar-refractivity contribution in [2.75, 3.05) is 6.61 Å². The Bertz CT molecular complexity index is 1820. The van der Waals surface area contributed by atoms with Gasteiger partial charge in [-0.25, -0.2) is 9.59 Å². The first-order valence-electron chi connectivity index (χ1n) is 11.6. The molecule has 0 saturated heterocycles. The van der Waals surface area contributed by atoms with Crippen molar-refractivity contribution in [3.05, 3.63) is 99.1 Å². The highest BCUT2D eigenvalue weighted by Crippen LogP contribution is 2.39. The second-order valence-corrected chi connectivity index (χ2v) is 8.71. The van der Waals surface area contributed by atoms with E-state index in [1.165, 1.54) is 36.4 Å². The summed E-state index contributed by atoms with van der Waals surface area (Å²) in [6.07, 6.45) is -5.12. The predicted octanol–water partition coefficient (Wildman–Crippen LogP) is 7.40. The fourth-order valence-corrected chi connectivity index (χ4v) is 3.94. The molecule has 12 heteroatoms. The first kappa shape index (κ1) is 26.8. The predicted molar refractivity (Wildman–Crippen MR) is 136 cm³/mol.